The second kappa shape index (κ2) is 7.25. The Bertz CT molecular complexity index is 922. The molecule has 25 heavy (non-hydrogen) atoms. The molecule has 1 aromatic carbocycles. The number of hydrogen-bond donors (Lipinski definition) is 1. The Kier molecular flexibility index (Phi) is 5.06. The van der Waals surface area contributed by atoms with Crippen LogP contribution in [0.2, 0.25) is 10.2 Å². The van der Waals surface area contributed by atoms with Crippen LogP contribution < -0.4 is 5.32 Å². The van der Waals surface area contributed by atoms with Crippen LogP contribution in [-0.2, 0) is 6.54 Å². The van der Waals surface area contributed by atoms with E-state index in [0.717, 1.165) is 22.6 Å². The van der Waals surface area contributed by atoms with E-state index in [0.29, 0.717) is 12.1 Å². The third kappa shape index (κ3) is 3.67. The summed E-state index contributed by atoms with van der Waals surface area (Å²) in [6.07, 6.45) is 1.40. The number of halogens is 2. The molecule has 7 heteroatoms. The number of nitrogens with one attached hydrogen (secondary N) is 1. The molecule has 0 saturated carbocycles. The maximum atomic E-state index is 12.3. The van der Waals surface area contributed by atoms with Crippen molar-refractivity contribution in [3.63, 3.8) is 0 Å². The molecule has 0 saturated heterocycles. The van der Waals surface area contributed by atoms with E-state index in [4.69, 9.17) is 23.2 Å². The quantitative estimate of drug-likeness (QED) is 0.698. The van der Waals surface area contributed by atoms with Gasteiger partial charge in [-0.1, -0.05) is 41.4 Å². The minimum Gasteiger partial charge on any atom is -0.348 e. The maximum absolute atomic E-state index is 12.3. The summed E-state index contributed by atoms with van der Waals surface area (Å²) in [5.74, 6) is -0.266. The number of para-hydroxylation sites is 1. The molecule has 0 spiro atoms. The number of aryl methyl sites for hydroxylation is 1. The van der Waals surface area contributed by atoms with Crippen LogP contribution in [0.3, 0.4) is 0 Å². The zero-order valence-corrected chi connectivity index (χ0v) is 15.3. The van der Waals surface area contributed by atoms with Crippen molar-refractivity contribution in [1.29, 1.82) is 0 Å². The van der Waals surface area contributed by atoms with Crippen molar-refractivity contribution in [3.8, 4) is 5.69 Å². The first-order valence-electron chi connectivity index (χ1n) is 7.67. The molecule has 0 radical (unpaired) electrons. The Morgan fingerprint density at radius 2 is 1.92 bits per heavy atom. The van der Waals surface area contributed by atoms with Crippen molar-refractivity contribution in [2.24, 2.45) is 0 Å². The largest absolute Gasteiger partial charge is 0.348 e. The van der Waals surface area contributed by atoms with Gasteiger partial charge in [0.05, 0.1) is 22.0 Å². The van der Waals surface area contributed by atoms with E-state index in [1.165, 1.54) is 12.3 Å². The predicted molar refractivity (Wildman–Crippen MR) is 98.5 cm³/mol. The first-order valence-corrected chi connectivity index (χ1v) is 8.42. The number of hydrogen-bond acceptors (Lipinski definition) is 3. The Morgan fingerprint density at radius 3 is 2.60 bits per heavy atom. The molecule has 3 rings (SSSR count). The molecule has 0 bridgehead atoms. The summed E-state index contributed by atoms with van der Waals surface area (Å²) in [4.78, 5) is 16.2. The second-order valence-electron chi connectivity index (χ2n) is 5.58. The lowest BCUT2D eigenvalue weighted by molar-refractivity contribution is 0.0950. The highest BCUT2D eigenvalue weighted by atomic mass is 35.5. The number of benzene rings is 1. The standard InChI is InChI=1S/C18H16Cl2N4O/c1-11-15(12(2)24(23-11)14-6-4-3-5-7-14)10-22-18(25)13-8-16(19)17(20)21-9-13/h3-9H,10H2,1-2H3,(H,22,25). The van der Waals surface area contributed by atoms with Crippen LogP contribution in [0.25, 0.3) is 5.69 Å². The fourth-order valence-corrected chi connectivity index (χ4v) is 2.84. The zero-order chi connectivity index (χ0) is 18.0. The van der Waals surface area contributed by atoms with Crippen molar-refractivity contribution in [3.05, 3.63) is 75.3 Å². The second-order valence-corrected chi connectivity index (χ2v) is 6.34. The molecule has 5 nitrogen and oxygen atoms in total. The van der Waals surface area contributed by atoms with E-state index < -0.39 is 0 Å². The van der Waals surface area contributed by atoms with Gasteiger partial charge in [0, 0.05) is 24.0 Å². The highest BCUT2D eigenvalue weighted by Gasteiger charge is 2.15. The van der Waals surface area contributed by atoms with E-state index in [1.807, 2.05) is 48.9 Å². The van der Waals surface area contributed by atoms with Crippen molar-refractivity contribution in [1.82, 2.24) is 20.1 Å². The average molecular weight is 375 g/mol. The molecule has 0 unspecified atom stereocenters. The zero-order valence-electron chi connectivity index (χ0n) is 13.8. The van der Waals surface area contributed by atoms with Gasteiger partial charge in [0.1, 0.15) is 5.15 Å². The molecule has 3 aromatic rings. The Morgan fingerprint density at radius 1 is 1.20 bits per heavy atom. The molecule has 2 heterocycles. The molecule has 0 aliphatic carbocycles. The van der Waals surface area contributed by atoms with E-state index in [1.54, 1.807) is 0 Å². The van der Waals surface area contributed by atoms with Gasteiger partial charge in [0.15, 0.2) is 0 Å². The van der Waals surface area contributed by atoms with Crippen LogP contribution in [0, 0.1) is 13.8 Å². The third-order valence-electron chi connectivity index (χ3n) is 3.93. The van der Waals surface area contributed by atoms with Gasteiger partial charge < -0.3 is 5.32 Å². The molecule has 0 atom stereocenters. The minimum absolute atomic E-state index is 0.175. The number of rotatable bonds is 4. The van der Waals surface area contributed by atoms with Gasteiger partial charge in [-0.3, -0.25) is 4.79 Å². The summed E-state index contributed by atoms with van der Waals surface area (Å²) in [7, 11) is 0. The van der Waals surface area contributed by atoms with Gasteiger partial charge in [0.25, 0.3) is 5.91 Å². The molecule has 1 N–H and O–H groups in total. The average Bonchev–Trinajstić information content (AvgIpc) is 2.90. The Hall–Kier alpha value is -2.37. The molecule has 0 fully saturated rings. The first-order chi connectivity index (χ1) is 12.0. The summed E-state index contributed by atoms with van der Waals surface area (Å²) in [6, 6.07) is 11.4. The molecule has 1 amide bonds. The van der Waals surface area contributed by atoms with Gasteiger partial charge in [-0.2, -0.15) is 5.10 Å². The lowest BCUT2D eigenvalue weighted by Gasteiger charge is -2.07. The van der Waals surface area contributed by atoms with Crippen LogP contribution in [-0.4, -0.2) is 20.7 Å². The lowest BCUT2D eigenvalue weighted by atomic mass is 10.2. The van der Waals surface area contributed by atoms with Crippen molar-refractivity contribution in [2.45, 2.75) is 20.4 Å². The lowest BCUT2D eigenvalue weighted by Crippen LogP contribution is -2.23. The van der Waals surface area contributed by atoms with E-state index in [9.17, 15) is 4.79 Å². The summed E-state index contributed by atoms with van der Waals surface area (Å²) in [5.41, 5.74) is 4.17. The highest BCUT2D eigenvalue weighted by molar-refractivity contribution is 6.41. The van der Waals surface area contributed by atoms with Crippen molar-refractivity contribution in [2.75, 3.05) is 0 Å². The van der Waals surface area contributed by atoms with Crippen LogP contribution in [0.5, 0.6) is 0 Å². The van der Waals surface area contributed by atoms with Gasteiger partial charge in [-0.05, 0) is 32.0 Å². The Labute approximate surface area is 155 Å². The highest BCUT2D eigenvalue weighted by Crippen LogP contribution is 2.20. The predicted octanol–water partition coefficient (Wildman–Crippen LogP) is 4.12. The number of aromatic nitrogens is 3. The molecule has 0 aliphatic rings. The van der Waals surface area contributed by atoms with Crippen molar-refractivity contribution >= 4 is 29.1 Å². The van der Waals surface area contributed by atoms with Gasteiger partial charge in [-0.15, -0.1) is 0 Å². The monoisotopic (exact) mass is 374 g/mol. The van der Waals surface area contributed by atoms with E-state index in [2.05, 4.69) is 15.4 Å². The SMILES string of the molecule is Cc1nn(-c2ccccc2)c(C)c1CNC(=O)c1cnc(Cl)c(Cl)c1. The number of carbonyl (C=O) groups is 1. The van der Waals surface area contributed by atoms with E-state index >= 15 is 0 Å². The number of amides is 1. The normalized spacial score (nSPS) is 10.7. The van der Waals surface area contributed by atoms with Crippen LogP contribution in [0.4, 0.5) is 0 Å². The summed E-state index contributed by atoms with van der Waals surface area (Å²) < 4.78 is 1.87. The first kappa shape index (κ1) is 17.5. The number of pyridine rings is 1. The fourth-order valence-electron chi connectivity index (χ4n) is 2.57. The number of nitrogens with zero attached hydrogens (tertiary/aromatic N) is 3. The van der Waals surface area contributed by atoms with Gasteiger partial charge in [-0.25, -0.2) is 9.67 Å². The van der Waals surface area contributed by atoms with Crippen LogP contribution in [0.15, 0.2) is 42.6 Å². The summed E-state index contributed by atoms with van der Waals surface area (Å²) in [6.45, 7) is 4.27. The molecule has 0 aliphatic heterocycles. The van der Waals surface area contributed by atoms with E-state index in [-0.39, 0.29) is 16.1 Å². The Balaban J connectivity index is 1.78. The van der Waals surface area contributed by atoms with Crippen LogP contribution >= 0.6 is 23.2 Å². The smallest absolute Gasteiger partial charge is 0.253 e. The van der Waals surface area contributed by atoms with Crippen molar-refractivity contribution < 1.29 is 4.79 Å². The molecule has 128 valence electrons. The summed E-state index contributed by atoms with van der Waals surface area (Å²) in [5, 5.41) is 7.87. The third-order valence-corrected chi connectivity index (χ3v) is 4.61. The maximum Gasteiger partial charge on any atom is 0.253 e. The fraction of sp³-hybridized carbons (Fsp3) is 0.167. The van der Waals surface area contributed by atoms with Crippen LogP contribution in [0.1, 0.15) is 27.3 Å². The topological polar surface area (TPSA) is 59.8 Å². The molecular weight excluding hydrogens is 359 g/mol. The molecular formula is C18H16Cl2N4O. The molecule has 2 aromatic heterocycles. The van der Waals surface area contributed by atoms with Gasteiger partial charge >= 0.3 is 0 Å². The minimum atomic E-state index is -0.266. The van der Waals surface area contributed by atoms with Gasteiger partial charge in [0.2, 0.25) is 0 Å². The number of carbonyl (C=O) groups excluding carboxylic acids is 1. The summed E-state index contributed by atoms with van der Waals surface area (Å²) >= 11 is 11.7.